The lowest BCUT2D eigenvalue weighted by Crippen LogP contribution is -2.60. The van der Waals surface area contributed by atoms with E-state index in [1.165, 1.54) is 25.2 Å². The van der Waals surface area contributed by atoms with Crippen molar-refractivity contribution in [3.8, 4) is 5.75 Å². The van der Waals surface area contributed by atoms with Crippen LogP contribution in [0.5, 0.6) is 5.75 Å². The fourth-order valence-corrected chi connectivity index (χ4v) is 7.79. The van der Waals surface area contributed by atoms with Gasteiger partial charge in [-0.05, 0) is 43.0 Å². The molecular formula is C27H22Cl2N2O9. The Balaban J connectivity index is 1.47. The van der Waals surface area contributed by atoms with Crippen molar-refractivity contribution in [1.82, 2.24) is 4.90 Å². The number of rotatable bonds is 4. The number of carbonyl (C=O) groups is 5. The number of halogens is 2. The minimum atomic E-state index is -2.00. The van der Waals surface area contributed by atoms with Crippen LogP contribution in [0, 0.1) is 17.8 Å². The van der Waals surface area contributed by atoms with E-state index in [1.54, 1.807) is 6.08 Å². The zero-order chi connectivity index (χ0) is 28.9. The molecule has 6 atom stereocenters. The number of aliphatic hydroxyl groups excluding tert-OH is 1. The average Bonchev–Trinajstić information content (AvgIpc) is 3.52. The molecule has 3 heterocycles. The molecule has 1 aromatic heterocycles. The van der Waals surface area contributed by atoms with Crippen molar-refractivity contribution in [3.05, 3.63) is 59.1 Å². The highest BCUT2D eigenvalue weighted by atomic mass is 35.5. The smallest absolute Gasteiger partial charge is 0.339 e. The van der Waals surface area contributed by atoms with Crippen molar-refractivity contribution in [1.29, 1.82) is 0 Å². The highest BCUT2D eigenvalue weighted by molar-refractivity contribution is 6.53. The average molecular weight is 589 g/mol. The van der Waals surface area contributed by atoms with Gasteiger partial charge in [-0.25, -0.2) is 9.69 Å². The topological polar surface area (TPSA) is 166 Å². The number of allylic oxidation sites excluding steroid dienone is 2. The molecule has 2 aliphatic carbocycles. The molecule has 4 amide bonds. The van der Waals surface area contributed by atoms with Gasteiger partial charge in [-0.15, -0.1) is 23.2 Å². The molecule has 40 heavy (non-hydrogen) atoms. The maximum absolute atomic E-state index is 13.9. The number of fused-ring (bicyclic) bond motifs is 4. The Hall–Kier alpha value is -3.67. The number of aromatic hydroxyl groups is 1. The predicted octanol–water partition coefficient (Wildman–Crippen LogP) is 2.37. The molecule has 6 unspecified atom stereocenters. The second-order valence-electron chi connectivity index (χ2n) is 10.5. The minimum absolute atomic E-state index is 0.00133. The molecule has 1 aromatic carbocycles. The van der Waals surface area contributed by atoms with Crippen molar-refractivity contribution >= 4 is 58.5 Å². The van der Waals surface area contributed by atoms with Crippen molar-refractivity contribution in [2.45, 2.75) is 35.1 Å². The third-order valence-corrected chi connectivity index (χ3v) is 10.0. The number of alkyl halides is 2. The minimum Gasteiger partial charge on any atom is -0.507 e. The van der Waals surface area contributed by atoms with Gasteiger partial charge in [-0.3, -0.25) is 24.1 Å². The van der Waals surface area contributed by atoms with E-state index in [4.69, 9.17) is 27.6 Å². The number of likely N-dealkylation sites (tertiary alicyclic amines) is 1. The van der Waals surface area contributed by atoms with Crippen molar-refractivity contribution < 1.29 is 43.7 Å². The summed E-state index contributed by atoms with van der Waals surface area (Å²) in [5.41, 5.74) is 0.129. The van der Waals surface area contributed by atoms with E-state index >= 15 is 0 Å². The van der Waals surface area contributed by atoms with E-state index in [2.05, 4.69) is 0 Å². The summed E-state index contributed by atoms with van der Waals surface area (Å²) in [6, 6.07) is 6.43. The molecule has 0 radical (unpaired) electrons. The van der Waals surface area contributed by atoms with Gasteiger partial charge in [-0.2, -0.15) is 0 Å². The van der Waals surface area contributed by atoms with Gasteiger partial charge in [0.15, 0.2) is 9.75 Å². The number of phenols is 1. The summed E-state index contributed by atoms with van der Waals surface area (Å²) in [5, 5.41) is 29.0. The lowest BCUT2D eigenvalue weighted by atomic mass is 9.57. The van der Waals surface area contributed by atoms with Crippen LogP contribution in [-0.4, -0.2) is 66.6 Å². The number of hydrogen-bond donors (Lipinski definition) is 3. The summed E-state index contributed by atoms with van der Waals surface area (Å²) < 4.78 is 5.80. The first-order valence-corrected chi connectivity index (χ1v) is 13.2. The number of carboxylic acid groups (broad SMARTS) is 1. The number of amides is 4. The molecule has 13 heteroatoms. The Morgan fingerprint density at radius 3 is 2.42 bits per heavy atom. The Morgan fingerprint density at radius 2 is 1.80 bits per heavy atom. The molecule has 11 nitrogen and oxygen atoms in total. The second kappa shape index (κ2) is 8.66. The van der Waals surface area contributed by atoms with Gasteiger partial charge in [0.25, 0.3) is 11.8 Å². The van der Waals surface area contributed by atoms with Crippen LogP contribution in [0.15, 0.2) is 46.4 Å². The standard InChI is InChI=1S/C27H22Cl2N2O9/c1-30-24(38)26(28)9-16-13(20(27(26,29)25(30)39)18-7-3-12(10-32)40-18)5-6-15-19(16)22(35)31(21(15)34)11-2-4-14(23(36)37)17(33)8-11/h2-5,7-8,15-16,19-20,32-33H,6,9-10H2,1H3,(H,36,37). The maximum atomic E-state index is 13.9. The molecule has 6 rings (SSSR count). The number of aliphatic hydroxyl groups is 1. The molecule has 0 bridgehead atoms. The van der Waals surface area contributed by atoms with Crippen LogP contribution in [0.4, 0.5) is 5.69 Å². The lowest BCUT2D eigenvalue weighted by molar-refractivity contribution is -0.138. The normalized spacial score (nSPS) is 33.1. The molecule has 208 valence electrons. The highest BCUT2D eigenvalue weighted by Gasteiger charge is 2.76. The van der Waals surface area contributed by atoms with E-state index in [1.807, 2.05) is 0 Å². The molecule has 0 spiro atoms. The van der Waals surface area contributed by atoms with Crippen LogP contribution in [0.25, 0.3) is 0 Å². The van der Waals surface area contributed by atoms with Crippen molar-refractivity contribution in [3.63, 3.8) is 0 Å². The number of carbonyl (C=O) groups excluding carboxylic acids is 4. The molecule has 1 saturated carbocycles. The number of imide groups is 2. The summed E-state index contributed by atoms with van der Waals surface area (Å²) >= 11 is 14.1. The number of benzene rings is 1. The van der Waals surface area contributed by atoms with Gasteiger partial charge < -0.3 is 19.7 Å². The first kappa shape index (κ1) is 26.5. The number of carboxylic acids is 1. The van der Waals surface area contributed by atoms with Gasteiger partial charge in [0.05, 0.1) is 23.4 Å². The number of anilines is 1. The van der Waals surface area contributed by atoms with Gasteiger partial charge in [-0.1, -0.05) is 11.6 Å². The molecule has 3 fully saturated rings. The Morgan fingerprint density at radius 1 is 1.07 bits per heavy atom. The molecule has 2 aromatic rings. The van der Waals surface area contributed by atoms with Gasteiger partial charge >= 0.3 is 5.97 Å². The number of nitrogens with zero attached hydrogens (tertiary/aromatic N) is 2. The zero-order valence-corrected chi connectivity index (χ0v) is 22.3. The van der Waals surface area contributed by atoms with Crippen LogP contribution in [-0.2, 0) is 25.8 Å². The van der Waals surface area contributed by atoms with Crippen LogP contribution in [0.3, 0.4) is 0 Å². The SMILES string of the molecule is CN1C(=O)C2(Cl)CC3C(=CCC4C(=O)N(c5ccc(C(=O)O)c(O)c5)C(=O)C43)C(c3ccc(CO)o3)C2(Cl)C1=O. The number of aromatic carboxylic acids is 1. The largest absolute Gasteiger partial charge is 0.507 e. The van der Waals surface area contributed by atoms with E-state index in [0.29, 0.717) is 5.57 Å². The van der Waals surface area contributed by atoms with Crippen molar-refractivity contribution in [2.24, 2.45) is 17.8 Å². The summed E-state index contributed by atoms with van der Waals surface area (Å²) in [6.07, 6.45) is 1.63. The molecule has 3 N–H and O–H groups in total. The van der Waals surface area contributed by atoms with E-state index < -0.39 is 80.9 Å². The summed E-state index contributed by atoms with van der Waals surface area (Å²) in [4.78, 5) is 63.4. The van der Waals surface area contributed by atoms with Crippen LogP contribution in [0.2, 0.25) is 0 Å². The Bertz CT molecular complexity index is 1570. The molecule has 2 saturated heterocycles. The second-order valence-corrected chi connectivity index (χ2v) is 11.7. The first-order valence-electron chi connectivity index (χ1n) is 12.4. The molecular weight excluding hydrogens is 567 g/mol. The Labute approximate surface area is 236 Å². The fourth-order valence-electron chi connectivity index (χ4n) is 6.79. The summed E-state index contributed by atoms with van der Waals surface area (Å²) in [6.45, 7) is -0.427. The van der Waals surface area contributed by atoms with Crippen LogP contribution < -0.4 is 4.90 Å². The predicted molar refractivity (Wildman–Crippen MR) is 138 cm³/mol. The third kappa shape index (κ3) is 3.19. The van der Waals surface area contributed by atoms with E-state index in [-0.39, 0.29) is 30.0 Å². The number of furan rings is 1. The summed E-state index contributed by atoms with van der Waals surface area (Å²) in [5.74, 6) is -7.93. The zero-order valence-electron chi connectivity index (χ0n) is 20.8. The molecule has 4 aliphatic rings. The third-order valence-electron chi connectivity index (χ3n) is 8.61. The van der Waals surface area contributed by atoms with E-state index in [9.17, 15) is 39.3 Å². The highest BCUT2D eigenvalue weighted by Crippen LogP contribution is 2.65. The van der Waals surface area contributed by atoms with Gasteiger partial charge in [0.2, 0.25) is 11.8 Å². The van der Waals surface area contributed by atoms with E-state index in [0.717, 1.165) is 21.9 Å². The van der Waals surface area contributed by atoms with Crippen molar-refractivity contribution in [2.75, 3.05) is 11.9 Å². The van der Waals surface area contributed by atoms with Crippen LogP contribution in [0.1, 0.15) is 40.6 Å². The van der Waals surface area contributed by atoms with Crippen LogP contribution >= 0.6 is 23.2 Å². The number of hydrogen-bond acceptors (Lipinski definition) is 8. The fraction of sp³-hybridized carbons (Fsp3) is 0.370. The molecule has 2 aliphatic heterocycles. The lowest BCUT2D eigenvalue weighted by Gasteiger charge is -2.49. The first-order chi connectivity index (χ1) is 18.9. The summed E-state index contributed by atoms with van der Waals surface area (Å²) in [7, 11) is 1.27. The van der Waals surface area contributed by atoms with Gasteiger partial charge in [0, 0.05) is 13.1 Å². The maximum Gasteiger partial charge on any atom is 0.339 e. The quantitative estimate of drug-likeness (QED) is 0.276. The van der Waals surface area contributed by atoms with Gasteiger partial charge in [0.1, 0.15) is 29.4 Å². The Kier molecular flexibility index (Phi) is 5.75. The monoisotopic (exact) mass is 588 g/mol.